The summed E-state index contributed by atoms with van der Waals surface area (Å²) in [6.07, 6.45) is 1.82. The summed E-state index contributed by atoms with van der Waals surface area (Å²) in [5.74, 6) is 0.581. The molecule has 3 nitrogen and oxygen atoms in total. The molecule has 1 aromatic heterocycles. The minimum absolute atomic E-state index is 0.311. The van der Waals surface area contributed by atoms with Crippen LogP contribution in [0.2, 0.25) is 0 Å². The SMILES string of the molecule is Cc1c(C=O)nn(C(C)C)c1CC(C)C. The Balaban J connectivity index is 3.19. The summed E-state index contributed by atoms with van der Waals surface area (Å²) in [5.41, 5.74) is 2.81. The number of carbonyl (C=O) groups excluding carboxylic acids is 1. The molecule has 84 valence electrons. The summed E-state index contributed by atoms with van der Waals surface area (Å²) in [7, 11) is 0. The van der Waals surface area contributed by atoms with Crippen LogP contribution in [-0.2, 0) is 6.42 Å². The Kier molecular flexibility index (Phi) is 3.66. The van der Waals surface area contributed by atoms with E-state index in [0.29, 0.717) is 17.7 Å². The maximum Gasteiger partial charge on any atom is 0.170 e. The van der Waals surface area contributed by atoms with Crippen LogP contribution < -0.4 is 0 Å². The van der Waals surface area contributed by atoms with Gasteiger partial charge >= 0.3 is 0 Å². The van der Waals surface area contributed by atoms with Crippen molar-refractivity contribution in [3.05, 3.63) is 17.0 Å². The van der Waals surface area contributed by atoms with Gasteiger partial charge in [0.15, 0.2) is 6.29 Å². The van der Waals surface area contributed by atoms with Gasteiger partial charge in [0.25, 0.3) is 0 Å². The van der Waals surface area contributed by atoms with E-state index in [2.05, 4.69) is 32.8 Å². The van der Waals surface area contributed by atoms with Gasteiger partial charge in [0.2, 0.25) is 0 Å². The molecule has 0 saturated heterocycles. The minimum atomic E-state index is 0.311. The second kappa shape index (κ2) is 4.60. The first-order valence-corrected chi connectivity index (χ1v) is 5.50. The monoisotopic (exact) mass is 208 g/mol. The van der Waals surface area contributed by atoms with E-state index in [1.165, 1.54) is 5.69 Å². The molecule has 0 bridgehead atoms. The first-order chi connectivity index (χ1) is 6.97. The lowest BCUT2D eigenvalue weighted by Crippen LogP contribution is -2.10. The highest BCUT2D eigenvalue weighted by Crippen LogP contribution is 2.19. The molecule has 0 amide bonds. The first-order valence-electron chi connectivity index (χ1n) is 5.50. The van der Waals surface area contributed by atoms with Crippen molar-refractivity contribution in [3.8, 4) is 0 Å². The van der Waals surface area contributed by atoms with Crippen LogP contribution in [0.1, 0.15) is 55.5 Å². The molecule has 0 spiro atoms. The van der Waals surface area contributed by atoms with Gasteiger partial charge in [-0.2, -0.15) is 5.10 Å². The van der Waals surface area contributed by atoms with Crippen LogP contribution >= 0.6 is 0 Å². The molecule has 0 radical (unpaired) electrons. The normalized spacial score (nSPS) is 11.4. The fourth-order valence-electron chi connectivity index (χ4n) is 1.74. The molecule has 0 aliphatic carbocycles. The lowest BCUT2D eigenvalue weighted by atomic mass is 10.0. The quantitative estimate of drug-likeness (QED) is 0.713. The van der Waals surface area contributed by atoms with Crippen molar-refractivity contribution in [1.82, 2.24) is 9.78 Å². The van der Waals surface area contributed by atoms with E-state index in [4.69, 9.17) is 0 Å². The van der Waals surface area contributed by atoms with Crippen LogP contribution in [-0.4, -0.2) is 16.1 Å². The predicted molar refractivity (Wildman–Crippen MR) is 61.3 cm³/mol. The Bertz CT molecular complexity index is 351. The number of hydrogen-bond acceptors (Lipinski definition) is 2. The fourth-order valence-corrected chi connectivity index (χ4v) is 1.74. The van der Waals surface area contributed by atoms with Gasteiger partial charge in [-0.15, -0.1) is 0 Å². The topological polar surface area (TPSA) is 34.9 Å². The van der Waals surface area contributed by atoms with Crippen LogP contribution in [0.3, 0.4) is 0 Å². The highest BCUT2D eigenvalue weighted by molar-refractivity contribution is 5.74. The van der Waals surface area contributed by atoms with Crippen LogP contribution in [0, 0.1) is 12.8 Å². The smallest absolute Gasteiger partial charge is 0.170 e. The average molecular weight is 208 g/mol. The van der Waals surface area contributed by atoms with Gasteiger partial charge in [0.1, 0.15) is 5.69 Å². The van der Waals surface area contributed by atoms with Crippen molar-refractivity contribution in [2.45, 2.75) is 47.1 Å². The standard InChI is InChI=1S/C12H20N2O/c1-8(2)6-12-10(5)11(7-15)13-14(12)9(3)4/h7-9H,6H2,1-5H3. The van der Waals surface area contributed by atoms with Crippen molar-refractivity contribution in [1.29, 1.82) is 0 Å². The van der Waals surface area contributed by atoms with Gasteiger partial charge < -0.3 is 0 Å². The van der Waals surface area contributed by atoms with Gasteiger partial charge in [-0.25, -0.2) is 0 Å². The molecule has 0 aromatic carbocycles. The van der Waals surface area contributed by atoms with E-state index in [9.17, 15) is 4.79 Å². The van der Waals surface area contributed by atoms with E-state index in [-0.39, 0.29) is 0 Å². The van der Waals surface area contributed by atoms with Gasteiger partial charge in [0, 0.05) is 17.3 Å². The Hall–Kier alpha value is -1.12. The largest absolute Gasteiger partial charge is 0.296 e. The molecule has 0 unspecified atom stereocenters. The number of aldehydes is 1. The zero-order valence-corrected chi connectivity index (χ0v) is 10.2. The van der Waals surface area contributed by atoms with Crippen LogP contribution in [0.15, 0.2) is 0 Å². The maximum absolute atomic E-state index is 10.8. The molecule has 1 heterocycles. The van der Waals surface area contributed by atoms with E-state index in [1.807, 2.05) is 11.6 Å². The van der Waals surface area contributed by atoms with Crippen molar-refractivity contribution in [2.24, 2.45) is 5.92 Å². The van der Waals surface area contributed by atoms with E-state index >= 15 is 0 Å². The van der Waals surface area contributed by atoms with Gasteiger partial charge in [0.05, 0.1) is 0 Å². The van der Waals surface area contributed by atoms with E-state index in [1.54, 1.807) is 0 Å². The van der Waals surface area contributed by atoms with Crippen molar-refractivity contribution < 1.29 is 4.79 Å². The predicted octanol–water partition coefficient (Wildman–Crippen LogP) is 2.78. The Labute approximate surface area is 91.5 Å². The zero-order chi connectivity index (χ0) is 11.6. The lowest BCUT2D eigenvalue weighted by Gasteiger charge is -2.13. The minimum Gasteiger partial charge on any atom is -0.296 e. The van der Waals surface area contributed by atoms with Crippen LogP contribution in [0.25, 0.3) is 0 Å². The Morgan fingerprint density at radius 1 is 1.33 bits per heavy atom. The summed E-state index contributed by atoms with van der Waals surface area (Å²) in [4.78, 5) is 10.8. The highest BCUT2D eigenvalue weighted by Gasteiger charge is 2.16. The summed E-state index contributed by atoms with van der Waals surface area (Å²) in [6.45, 7) is 10.5. The highest BCUT2D eigenvalue weighted by atomic mass is 16.1. The molecule has 0 atom stereocenters. The Morgan fingerprint density at radius 3 is 2.33 bits per heavy atom. The molecule has 1 aromatic rings. The number of aromatic nitrogens is 2. The molecular weight excluding hydrogens is 188 g/mol. The van der Waals surface area contributed by atoms with Gasteiger partial charge in [-0.3, -0.25) is 9.48 Å². The number of hydrogen-bond donors (Lipinski definition) is 0. The molecule has 1 rings (SSSR count). The molecule has 15 heavy (non-hydrogen) atoms. The van der Waals surface area contributed by atoms with Crippen molar-refractivity contribution >= 4 is 6.29 Å². The third-order valence-electron chi connectivity index (χ3n) is 2.51. The molecule has 3 heteroatoms. The summed E-state index contributed by atoms with van der Waals surface area (Å²) in [6, 6.07) is 0.311. The Morgan fingerprint density at radius 2 is 1.93 bits per heavy atom. The zero-order valence-electron chi connectivity index (χ0n) is 10.2. The maximum atomic E-state index is 10.8. The summed E-state index contributed by atoms with van der Waals surface area (Å²) >= 11 is 0. The fraction of sp³-hybridized carbons (Fsp3) is 0.667. The molecule has 0 aliphatic rings. The average Bonchev–Trinajstić information content (AvgIpc) is 2.43. The molecular formula is C12H20N2O. The van der Waals surface area contributed by atoms with E-state index in [0.717, 1.165) is 18.3 Å². The third-order valence-corrected chi connectivity index (χ3v) is 2.51. The van der Waals surface area contributed by atoms with Gasteiger partial charge in [-0.1, -0.05) is 13.8 Å². The van der Waals surface area contributed by atoms with Gasteiger partial charge in [-0.05, 0) is 33.1 Å². The molecule has 0 N–H and O–H groups in total. The van der Waals surface area contributed by atoms with E-state index < -0.39 is 0 Å². The summed E-state index contributed by atoms with van der Waals surface area (Å²) < 4.78 is 1.97. The molecule has 0 fully saturated rings. The van der Waals surface area contributed by atoms with Crippen molar-refractivity contribution in [2.75, 3.05) is 0 Å². The lowest BCUT2D eigenvalue weighted by molar-refractivity contribution is 0.111. The number of carbonyl (C=O) groups is 1. The summed E-state index contributed by atoms with van der Waals surface area (Å²) in [5, 5.41) is 4.33. The van der Waals surface area contributed by atoms with Crippen molar-refractivity contribution in [3.63, 3.8) is 0 Å². The first kappa shape index (κ1) is 12.0. The number of rotatable bonds is 4. The number of nitrogens with zero attached hydrogens (tertiary/aromatic N) is 2. The van der Waals surface area contributed by atoms with Crippen LogP contribution in [0.4, 0.5) is 0 Å². The second-order valence-corrected chi connectivity index (χ2v) is 4.71. The third kappa shape index (κ3) is 2.46. The molecule has 0 saturated carbocycles. The molecule has 0 aliphatic heterocycles. The second-order valence-electron chi connectivity index (χ2n) is 4.71. The van der Waals surface area contributed by atoms with Crippen LogP contribution in [0.5, 0.6) is 0 Å².